The second-order valence-corrected chi connectivity index (χ2v) is 6.21. The standard InChI is InChI=1S/C13H12F2N2O3S/c1-17(9-3-2-4-10(18)7-9)21(19,20)13-11(14)5-8(16)6-12(13)15/h2-7,18H,16H2,1H3. The van der Waals surface area contributed by atoms with E-state index in [-0.39, 0.29) is 17.1 Å². The maximum atomic E-state index is 13.8. The number of rotatable bonds is 3. The molecular weight excluding hydrogens is 302 g/mol. The van der Waals surface area contributed by atoms with E-state index in [1.165, 1.54) is 18.2 Å². The van der Waals surface area contributed by atoms with Crippen LogP contribution in [0.5, 0.6) is 5.75 Å². The maximum Gasteiger partial charge on any atom is 0.269 e. The first kappa shape index (κ1) is 15.0. The smallest absolute Gasteiger partial charge is 0.269 e. The summed E-state index contributed by atoms with van der Waals surface area (Å²) in [4.78, 5) is -1.09. The fourth-order valence-corrected chi connectivity index (χ4v) is 3.07. The van der Waals surface area contributed by atoms with Crippen LogP contribution in [0.2, 0.25) is 0 Å². The molecule has 0 bridgehead atoms. The van der Waals surface area contributed by atoms with E-state index in [2.05, 4.69) is 0 Å². The lowest BCUT2D eigenvalue weighted by atomic mass is 10.3. The molecule has 3 N–H and O–H groups in total. The number of nitrogens with zero attached hydrogens (tertiary/aromatic N) is 1. The summed E-state index contributed by atoms with van der Waals surface area (Å²) in [7, 11) is -3.35. The fourth-order valence-electron chi connectivity index (χ4n) is 1.79. The Kier molecular flexibility index (Phi) is 3.73. The van der Waals surface area contributed by atoms with Crippen molar-refractivity contribution in [2.75, 3.05) is 17.1 Å². The number of hydrogen-bond donors (Lipinski definition) is 2. The first-order valence-electron chi connectivity index (χ1n) is 5.76. The monoisotopic (exact) mass is 314 g/mol. The van der Waals surface area contributed by atoms with Gasteiger partial charge in [0.15, 0.2) is 4.90 Å². The van der Waals surface area contributed by atoms with Crippen LogP contribution in [0.15, 0.2) is 41.3 Å². The number of halogens is 2. The van der Waals surface area contributed by atoms with Crippen molar-refractivity contribution in [1.29, 1.82) is 0 Å². The minimum Gasteiger partial charge on any atom is -0.508 e. The van der Waals surface area contributed by atoms with Gasteiger partial charge in [-0.05, 0) is 24.3 Å². The van der Waals surface area contributed by atoms with Crippen molar-refractivity contribution in [3.63, 3.8) is 0 Å². The van der Waals surface area contributed by atoms with Crippen LogP contribution in [-0.2, 0) is 10.0 Å². The lowest BCUT2D eigenvalue weighted by Crippen LogP contribution is -2.28. The Balaban J connectivity index is 2.57. The Labute approximate surface area is 120 Å². The average molecular weight is 314 g/mol. The summed E-state index contributed by atoms with van der Waals surface area (Å²) < 4.78 is 52.9. The second kappa shape index (κ2) is 5.21. The largest absolute Gasteiger partial charge is 0.508 e. The Bertz CT molecular complexity index is 771. The van der Waals surface area contributed by atoms with Gasteiger partial charge in [-0.25, -0.2) is 17.2 Å². The normalized spacial score (nSPS) is 11.4. The highest BCUT2D eigenvalue weighted by atomic mass is 32.2. The summed E-state index contributed by atoms with van der Waals surface area (Å²) >= 11 is 0. The van der Waals surface area contributed by atoms with Crippen LogP contribution in [0.1, 0.15) is 0 Å². The van der Waals surface area contributed by atoms with Crippen LogP contribution < -0.4 is 10.0 Å². The Morgan fingerprint density at radius 3 is 2.24 bits per heavy atom. The molecule has 2 aromatic rings. The molecule has 0 unspecified atom stereocenters. The molecular formula is C13H12F2N2O3S. The molecule has 8 heteroatoms. The van der Waals surface area contributed by atoms with Crippen molar-refractivity contribution in [2.24, 2.45) is 0 Å². The lowest BCUT2D eigenvalue weighted by Gasteiger charge is -2.20. The molecule has 0 radical (unpaired) electrons. The summed E-state index contributed by atoms with van der Waals surface area (Å²) in [5, 5.41) is 9.36. The Morgan fingerprint density at radius 2 is 1.71 bits per heavy atom. The quantitative estimate of drug-likeness (QED) is 0.850. The van der Waals surface area contributed by atoms with Gasteiger partial charge >= 0.3 is 0 Å². The number of phenols is 1. The second-order valence-electron chi connectivity index (χ2n) is 4.31. The van der Waals surface area contributed by atoms with Gasteiger partial charge in [0.1, 0.15) is 17.4 Å². The van der Waals surface area contributed by atoms with Gasteiger partial charge in [-0.15, -0.1) is 0 Å². The van der Waals surface area contributed by atoms with Gasteiger partial charge in [0.2, 0.25) is 0 Å². The minimum absolute atomic E-state index is 0.0608. The van der Waals surface area contributed by atoms with Gasteiger partial charge < -0.3 is 10.8 Å². The molecule has 0 saturated heterocycles. The number of hydrogen-bond acceptors (Lipinski definition) is 4. The number of aromatic hydroxyl groups is 1. The molecule has 0 fully saturated rings. The molecule has 0 saturated carbocycles. The molecule has 0 aromatic heterocycles. The van der Waals surface area contributed by atoms with Gasteiger partial charge in [0, 0.05) is 18.8 Å². The van der Waals surface area contributed by atoms with E-state index >= 15 is 0 Å². The summed E-state index contributed by atoms with van der Waals surface area (Å²) in [5.74, 6) is -2.73. The third-order valence-corrected chi connectivity index (χ3v) is 4.67. The summed E-state index contributed by atoms with van der Waals surface area (Å²) in [6, 6.07) is 6.74. The van der Waals surface area contributed by atoms with E-state index in [1.807, 2.05) is 0 Å². The van der Waals surface area contributed by atoms with E-state index in [0.717, 1.165) is 25.2 Å². The highest BCUT2D eigenvalue weighted by Crippen LogP contribution is 2.28. The summed E-state index contributed by atoms with van der Waals surface area (Å²) in [5.41, 5.74) is 5.10. The first-order valence-corrected chi connectivity index (χ1v) is 7.20. The van der Waals surface area contributed by atoms with Crippen molar-refractivity contribution >= 4 is 21.4 Å². The summed E-state index contributed by atoms with van der Waals surface area (Å²) in [6.45, 7) is 0. The van der Waals surface area contributed by atoms with Gasteiger partial charge in [0.25, 0.3) is 10.0 Å². The van der Waals surface area contributed by atoms with E-state index in [0.29, 0.717) is 4.31 Å². The minimum atomic E-state index is -4.47. The third kappa shape index (κ3) is 2.75. The van der Waals surface area contributed by atoms with Crippen LogP contribution >= 0.6 is 0 Å². The third-order valence-electron chi connectivity index (χ3n) is 2.83. The topological polar surface area (TPSA) is 83.6 Å². The van der Waals surface area contributed by atoms with Crippen LogP contribution in [0.25, 0.3) is 0 Å². The van der Waals surface area contributed by atoms with Crippen LogP contribution in [-0.4, -0.2) is 20.6 Å². The molecule has 2 rings (SSSR count). The van der Waals surface area contributed by atoms with E-state index in [4.69, 9.17) is 5.73 Å². The number of nitrogens with two attached hydrogens (primary N) is 1. The van der Waals surface area contributed by atoms with E-state index in [9.17, 15) is 22.3 Å². The molecule has 2 aromatic carbocycles. The molecule has 0 spiro atoms. The molecule has 0 aliphatic rings. The van der Waals surface area contributed by atoms with Crippen LogP contribution in [0.4, 0.5) is 20.2 Å². The zero-order chi connectivity index (χ0) is 15.8. The Morgan fingerprint density at radius 1 is 1.14 bits per heavy atom. The first-order chi connectivity index (χ1) is 9.73. The van der Waals surface area contributed by atoms with Crippen molar-refractivity contribution in [1.82, 2.24) is 0 Å². The molecule has 0 aliphatic carbocycles. The van der Waals surface area contributed by atoms with Crippen molar-refractivity contribution in [3.8, 4) is 5.75 Å². The zero-order valence-electron chi connectivity index (χ0n) is 10.9. The highest BCUT2D eigenvalue weighted by Gasteiger charge is 2.29. The number of benzene rings is 2. The number of nitrogen functional groups attached to an aromatic ring is 1. The highest BCUT2D eigenvalue weighted by molar-refractivity contribution is 7.92. The van der Waals surface area contributed by atoms with Crippen molar-refractivity contribution in [2.45, 2.75) is 4.90 Å². The molecule has 0 atom stereocenters. The SMILES string of the molecule is CN(c1cccc(O)c1)S(=O)(=O)c1c(F)cc(N)cc1F. The molecule has 112 valence electrons. The lowest BCUT2D eigenvalue weighted by molar-refractivity contribution is 0.475. The number of phenolic OH excluding ortho intramolecular Hbond substituents is 1. The van der Waals surface area contributed by atoms with Gasteiger partial charge in [-0.3, -0.25) is 4.31 Å². The Hall–Kier alpha value is -2.35. The average Bonchev–Trinajstić information content (AvgIpc) is 2.36. The number of anilines is 2. The van der Waals surface area contributed by atoms with E-state index < -0.39 is 26.6 Å². The van der Waals surface area contributed by atoms with Crippen molar-refractivity contribution < 1.29 is 22.3 Å². The van der Waals surface area contributed by atoms with Crippen molar-refractivity contribution in [3.05, 3.63) is 48.0 Å². The van der Waals surface area contributed by atoms with Gasteiger partial charge in [0.05, 0.1) is 5.69 Å². The van der Waals surface area contributed by atoms with Crippen LogP contribution in [0.3, 0.4) is 0 Å². The van der Waals surface area contributed by atoms with Gasteiger partial charge in [-0.2, -0.15) is 0 Å². The fraction of sp³-hybridized carbons (Fsp3) is 0.0769. The molecule has 0 heterocycles. The maximum absolute atomic E-state index is 13.8. The van der Waals surface area contributed by atoms with E-state index in [1.54, 1.807) is 0 Å². The predicted molar refractivity (Wildman–Crippen MR) is 74.5 cm³/mol. The number of sulfonamides is 1. The predicted octanol–water partition coefficient (Wildman–Crippen LogP) is 2.08. The summed E-state index contributed by atoms with van der Waals surface area (Å²) in [6.07, 6.45) is 0. The van der Waals surface area contributed by atoms with Gasteiger partial charge in [-0.1, -0.05) is 6.07 Å². The molecule has 0 amide bonds. The van der Waals surface area contributed by atoms with Crippen LogP contribution in [0, 0.1) is 11.6 Å². The zero-order valence-corrected chi connectivity index (χ0v) is 11.7. The molecule has 0 aliphatic heterocycles. The molecule has 21 heavy (non-hydrogen) atoms. The molecule has 5 nitrogen and oxygen atoms in total.